The number of ether oxygens (including phenoxy) is 4. The molecule has 0 aromatic heterocycles. The van der Waals surface area contributed by atoms with Crippen LogP contribution in [0.4, 0.5) is 0 Å². The monoisotopic (exact) mass is 778 g/mol. The van der Waals surface area contributed by atoms with E-state index in [9.17, 15) is 9.59 Å². The summed E-state index contributed by atoms with van der Waals surface area (Å²) in [5.74, 6) is -0.799. The second-order valence-corrected chi connectivity index (χ2v) is 24.2. The Kier molecular flexibility index (Phi) is 14.5. The Morgan fingerprint density at radius 3 is 2.18 bits per heavy atom. The molecule has 4 rings (SSSR count). The number of carbonyl (C=O) groups excluding carboxylic acids is 2. The number of carbonyl (C=O) groups is 2. The Balaban J connectivity index is 1.67. The van der Waals surface area contributed by atoms with Crippen molar-refractivity contribution in [1.29, 1.82) is 0 Å². The molecular weight excluding hydrogens is 720 g/mol. The molecule has 0 amide bonds. The fourth-order valence-electron chi connectivity index (χ4n) is 6.17. The Hall–Kier alpha value is -3.00. The molecule has 0 bridgehead atoms. The van der Waals surface area contributed by atoms with E-state index in [1.54, 1.807) is 12.1 Å². The van der Waals surface area contributed by atoms with Gasteiger partial charge in [-0.25, -0.2) is 0 Å². The van der Waals surface area contributed by atoms with E-state index in [1.165, 1.54) is 4.46 Å². The summed E-state index contributed by atoms with van der Waals surface area (Å²) in [4.78, 5) is 27.3. The number of allylic oxidation sites excluding steroid dienone is 1. The van der Waals surface area contributed by atoms with Crippen LogP contribution in [0.25, 0.3) is 0 Å². The Bertz CT molecular complexity index is 1610. The second kappa shape index (κ2) is 18.2. The van der Waals surface area contributed by atoms with Gasteiger partial charge in [0.1, 0.15) is 0 Å². The summed E-state index contributed by atoms with van der Waals surface area (Å²) in [6.45, 7) is 21.8. The van der Waals surface area contributed by atoms with Crippen molar-refractivity contribution < 1.29 is 28.5 Å². The van der Waals surface area contributed by atoms with Crippen LogP contribution >= 0.6 is 0 Å². The number of aryl methyl sites for hydroxylation is 2. The molecule has 0 aliphatic carbocycles. The van der Waals surface area contributed by atoms with Gasteiger partial charge in [0.15, 0.2) is 0 Å². The molecule has 1 fully saturated rings. The van der Waals surface area contributed by atoms with Crippen molar-refractivity contribution in [3.8, 4) is 0 Å². The Labute approximate surface area is 313 Å². The van der Waals surface area contributed by atoms with Gasteiger partial charge in [0.2, 0.25) is 0 Å². The minimum absolute atomic E-state index is 0.00506. The van der Waals surface area contributed by atoms with Crippen molar-refractivity contribution in [3.63, 3.8) is 0 Å². The molecule has 1 heterocycles. The quantitative estimate of drug-likeness (QED) is 0.0821. The van der Waals surface area contributed by atoms with E-state index in [4.69, 9.17) is 18.9 Å². The van der Waals surface area contributed by atoms with Gasteiger partial charge in [-0.2, -0.15) is 0 Å². The molecule has 0 saturated carbocycles. The first-order valence-corrected chi connectivity index (χ1v) is 23.9. The number of esters is 2. The zero-order valence-electron chi connectivity index (χ0n) is 32.2. The van der Waals surface area contributed by atoms with Crippen molar-refractivity contribution in [2.24, 2.45) is 11.8 Å². The SMILES string of the molecule is Cc1cc(C)c(C(=O)OCC[Si](C)(C)C)c(C(CC[C@@H]2OC(C)(C)O[C@@H]2C(/C=C\[C@H](C)C(C)C)OC(=O)c2ccccc2)[Se]c2ccccc2)c1. The van der Waals surface area contributed by atoms with Gasteiger partial charge in [0.25, 0.3) is 0 Å². The van der Waals surface area contributed by atoms with Gasteiger partial charge in [-0.05, 0) is 0 Å². The van der Waals surface area contributed by atoms with Crippen LogP contribution in [0.2, 0.25) is 25.7 Å². The van der Waals surface area contributed by atoms with Crippen LogP contribution in [0, 0.1) is 25.7 Å². The summed E-state index contributed by atoms with van der Waals surface area (Å²) < 4.78 is 26.6. The Morgan fingerprint density at radius 1 is 0.902 bits per heavy atom. The maximum absolute atomic E-state index is 13.8. The molecule has 0 radical (unpaired) electrons. The van der Waals surface area contributed by atoms with Crippen LogP contribution in [0.15, 0.2) is 84.9 Å². The van der Waals surface area contributed by atoms with Crippen LogP contribution in [0.1, 0.15) is 89.7 Å². The molecule has 8 heteroatoms. The number of hydrogen-bond donors (Lipinski definition) is 0. The third kappa shape index (κ3) is 12.3. The van der Waals surface area contributed by atoms with E-state index in [0.717, 1.165) is 29.2 Å². The number of rotatable bonds is 16. The van der Waals surface area contributed by atoms with E-state index in [1.807, 2.05) is 51.1 Å². The fraction of sp³-hybridized carbons (Fsp3) is 0.488. The van der Waals surface area contributed by atoms with Crippen LogP contribution in [-0.2, 0) is 18.9 Å². The molecule has 6 nitrogen and oxygen atoms in total. The summed E-state index contributed by atoms with van der Waals surface area (Å²) >= 11 is 0.00506. The first-order chi connectivity index (χ1) is 24.0. The summed E-state index contributed by atoms with van der Waals surface area (Å²) in [6, 6.07) is 24.8. The third-order valence-corrected chi connectivity index (χ3v) is 13.8. The fourth-order valence-corrected chi connectivity index (χ4v) is 9.42. The van der Waals surface area contributed by atoms with Gasteiger partial charge < -0.3 is 0 Å². The number of hydrogen-bond acceptors (Lipinski definition) is 6. The van der Waals surface area contributed by atoms with E-state index in [-0.39, 0.29) is 37.8 Å². The molecule has 3 aromatic rings. The van der Waals surface area contributed by atoms with Gasteiger partial charge in [-0.15, -0.1) is 0 Å². The molecular formula is C43H58O6SeSi. The first kappa shape index (κ1) is 40.8. The third-order valence-electron chi connectivity index (χ3n) is 9.34. The molecule has 0 spiro atoms. The molecule has 3 aromatic carbocycles. The maximum atomic E-state index is 13.8. The van der Waals surface area contributed by atoms with Gasteiger partial charge in [0.05, 0.1) is 0 Å². The first-order valence-electron chi connectivity index (χ1n) is 18.3. The van der Waals surface area contributed by atoms with Crippen LogP contribution in [0.5, 0.6) is 0 Å². The summed E-state index contributed by atoms with van der Waals surface area (Å²) in [7, 11) is -1.37. The van der Waals surface area contributed by atoms with Gasteiger partial charge >= 0.3 is 315 Å². The number of benzene rings is 3. The molecule has 0 N–H and O–H groups in total. The topological polar surface area (TPSA) is 71.1 Å². The van der Waals surface area contributed by atoms with Crippen LogP contribution in [0.3, 0.4) is 0 Å². The Morgan fingerprint density at radius 2 is 1.55 bits per heavy atom. The van der Waals surface area contributed by atoms with Crippen molar-refractivity contribution in [1.82, 2.24) is 0 Å². The molecule has 1 saturated heterocycles. The van der Waals surface area contributed by atoms with E-state index < -0.39 is 32.0 Å². The summed E-state index contributed by atoms with van der Waals surface area (Å²) in [5.41, 5.74) is 4.26. The normalized spacial score (nSPS) is 19.2. The summed E-state index contributed by atoms with van der Waals surface area (Å²) in [5, 5.41) is 0. The van der Waals surface area contributed by atoms with Crippen molar-refractivity contribution in [2.45, 2.75) is 116 Å². The molecule has 5 atom stereocenters. The summed E-state index contributed by atoms with van der Waals surface area (Å²) in [6.07, 6.45) is 3.99. The van der Waals surface area contributed by atoms with E-state index >= 15 is 0 Å². The molecule has 51 heavy (non-hydrogen) atoms. The molecule has 2 unspecified atom stereocenters. The zero-order chi connectivity index (χ0) is 37.3. The van der Waals surface area contributed by atoms with Crippen molar-refractivity contribution >= 4 is 39.4 Å². The van der Waals surface area contributed by atoms with Crippen LogP contribution < -0.4 is 4.46 Å². The predicted octanol–water partition coefficient (Wildman–Crippen LogP) is 9.24. The zero-order valence-corrected chi connectivity index (χ0v) is 34.9. The average molecular weight is 778 g/mol. The van der Waals surface area contributed by atoms with E-state index in [2.05, 4.69) is 89.8 Å². The molecule has 1 aliphatic heterocycles. The minimum atomic E-state index is -1.37. The van der Waals surface area contributed by atoms with Crippen molar-refractivity contribution in [2.75, 3.05) is 6.61 Å². The molecule has 276 valence electrons. The van der Waals surface area contributed by atoms with E-state index in [0.29, 0.717) is 30.1 Å². The molecule has 1 aliphatic rings. The average Bonchev–Trinajstić information content (AvgIpc) is 3.38. The second-order valence-electron chi connectivity index (χ2n) is 15.9. The van der Waals surface area contributed by atoms with Gasteiger partial charge in [-0.3, -0.25) is 0 Å². The van der Waals surface area contributed by atoms with Crippen LogP contribution in [-0.4, -0.2) is 65.7 Å². The van der Waals surface area contributed by atoms with Crippen molar-refractivity contribution in [3.05, 3.63) is 113 Å². The van der Waals surface area contributed by atoms with Gasteiger partial charge in [-0.1, -0.05) is 0 Å². The standard InChI is InChI=1S/C43H58O6SeSi/c1-29(2)31(4)21-22-36(47-41(44)33-17-13-11-14-18-33)40-37(48-43(6,7)49-40)23-24-38(50-34-19-15-12-16-20-34)35-28-30(3)27-32(5)39(35)42(45)46-25-26-51(8,9)10/h11-22,27-29,31,36-38,40H,23-26H2,1-10H3/b22-21-/t31-,36?,37-,38?,40+/m0/s1. The van der Waals surface area contributed by atoms with Gasteiger partial charge in [0, 0.05) is 0 Å². The predicted molar refractivity (Wildman–Crippen MR) is 211 cm³/mol.